The molecule has 5 aromatic rings. The van der Waals surface area contributed by atoms with Gasteiger partial charge in [-0.25, -0.2) is 0 Å². The average Bonchev–Trinajstić information content (AvgIpc) is 3.28. The van der Waals surface area contributed by atoms with Crippen molar-refractivity contribution in [3.63, 3.8) is 0 Å². The van der Waals surface area contributed by atoms with E-state index in [2.05, 4.69) is 12.1 Å². The van der Waals surface area contributed by atoms with Crippen LogP contribution in [0.15, 0.2) is 109 Å². The third kappa shape index (κ3) is 4.89. The molecule has 43 heavy (non-hydrogen) atoms. The lowest BCUT2D eigenvalue weighted by molar-refractivity contribution is -0.139. The molecule has 0 amide bonds. The lowest BCUT2D eigenvalue weighted by atomic mass is 9.65. The molecule has 0 bridgehead atoms. The molecular formula is C37H32O6. The summed E-state index contributed by atoms with van der Waals surface area (Å²) in [7, 11) is 3.15. The van der Waals surface area contributed by atoms with Crippen molar-refractivity contribution in [2.24, 2.45) is 0 Å². The zero-order valence-corrected chi connectivity index (χ0v) is 24.0. The van der Waals surface area contributed by atoms with E-state index in [9.17, 15) is 19.8 Å². The lowest BCUT2D eigenvalue weighted by Gasteiger charge is -2.37. The summed E-state index contributed by atoms with van der Waals surface area (Å²) in [5, 5.41) is 23.3. The minimum Gasteiger partial charge on any atom is -0.493 e. The highest BCUT2D eigenvalue weighted by atomic mass is 16.5. The predicted octanol–water partition coefficient (Wildman–Crippen LogP) is 7.64. The first-order chi connectivity index (χ1) is 20.9. The molecule has 1 aliphatic carbocycles. The Hall–Kier alpha value is -5.10. The van der Waals surface area contributed by atoms with Gasteiger partial charge in [0.1, 0.15) is 0 Å². The molecule has 0 spiro atoms. The molecule has 6 rings (SSSR count). The van der Waals surface area contributed by atoms with Crippen LogP contribution >= 0.6 is 0 Å². The summed E-state index contributed by atoms with van der Waals surface area (Å²) in [6.07, 6.45) is 0.299. The average molecular weight is 573 g/mol. The molecule has 0 saturated carbocycles. The van der Waals surface area contributed by atoms with E-state index in [1.165, 1.54) is 0 Å². The highest BCUT2D eigenvalue weighted by Crippen LogP contribution is 2.59. The van der Waals surface area contributed by atoms with E-state index in [4.69, 9.17) is 9.47 Å². The van der Waals surface area contributed by atoms with Gasteiger partial charge >= 0.3 is 11.9 Å². The van der Waals surface area contributed by atoms with Crippen molar-refractivity contribution < 1.29 is 29.3 Å². The molecule has 2 atom stereocenters. The van der Waals surface area contributed by atoms with Crippen LogP contribution in [0.25, 0.3) is 21.9 Å². The first-order valence-corrected chi connectivity index (χ1v) is 14.2. The smallest absolute Gasteiger partial charge is 0.311 e. The van der Waals surface area contributed by atoms with Crippen LogP contribution in [0.3, 0.4) is 0 Å². The van der Waals surface area contributed by atoms with Gasteiger partial charge in [-0.15, -0.1) is 0 Å². The molecule has 5 aromatic carbocycles. The number of rotatable bonds is 10. The standard InChI is InChI=1S/C37H32O6/c1-42-33-19-28-27-17-25-15-9-10-16-26(25)18-31(27)37(32(28)20-34(33)43-2,21-29(35(38)39)23-11-5-3-6-12-23)22-30(36(40)41)24-13-7-4-8-14-24/h3-20,29-30H,21-22H2,1-2H3,(H,38,39)(H,40,41). The summed E-state index contributed by atoms with van der Waals surface area (Å²) < 4.78 is 11.4. The number of carboxylic acids is 2. The number of aliphatic carboxylic acids is 2. The predicted molar refractivity (Wildman–Crippen MR) is 166 cm³/mol. The minimum absolute atomic E-state index is 0.150. The van der Waals surface area contributed by atoms with Crippen molar-refractivity contribution in [1.29, 1.82) is 0 Å². The molecule has 0 fully saturated rings. The zero-order chi connectivity index (χ0) is 30.1. The topological polar surface area (TPSA) is 93.1 Å². The number of ether oxygens (including phenoxy) is 2. The van der Waals surface area contributed by atoms with Crippen LogP contribution in [0.1, 0.15) is 46.9 Å². The monoisotopic (exact) mass is 572 g/mol. The Morgan fingerprint density at radius 2 is 1.02 bits per heavy atom. The molecule has 0 aromatic heterocycles. The van der Waals surface area contributed by atoms with Crippen molar-refractivity contribution in [3.8, 4) is 22.6 Å². The minimum atomic E-state index is -0.994. The van der Waals surface area contributed by atoms with Gasteiger partial charge in [0, 0.05) is 5.41 Å². The molecule has 0 heterocycles. The van der Waals surface area contributed by atoms with Gasteiger partial charge in [0.15, 0.2) is 11.5 Å². The molecule has 2 N–H and O–H groups in total. The van der Waals surface area contributed by atoms with Crippen molar-refractivity contribution in [2.75, 3.05) is 14.2 Å². The van der Waals surface area contributed by atoms with Gasteiger partial charge in [0.2, 0.25) is 0 Å². The van der Waals surface area contributed by atoms with Crippen LogP contribution in [0.5, 0.6) is 11.5 Å². The number of fused-ring (bicyclic) bond motifs is 4. The maximum absolute atomic E-state index is 13.0. The van der Waals surface area contributed by atoms with Gasteiger partial charge in [-0.05, 0) is 81.3 Å². The van der Waals surface area contributed by atoms with Gasteiger partial charge in [-0.1, -0.05) is 84.9 Å². The summed E-state index contributed by atoms with van der Waals surface area (Å²) in [6, 6.07) is 34.4. The Bertz CT molecular complexity index is 1750. The van der Waals surface area contributed by atoms with E-state index in [0.29, 0.717) is 22.6 Å². The Labute approximate surface area is 250 Å². The Kier molecular flexibility index (Phi) is 7.36. The second-order valence-corrected chi connectivity index (χ2v) is 11.1. The molecule has 0 aliphatic heterocycles. The van der Waals surface area contributed by atoms with Crippen LogP contribution in [-0.2, 0) is 15.0 Å². The molecule has 0 saturated heterocycles. The highest BCUT2D eigenvalue weighted by molar-refractivity contribution is 5.95. The van der Waals surface area contributed by atoms with Crippen molar-refractivity contribution in [2.45, 2.75) is 30.1 Å². The van der Waals surface area contributed by atoms with Gasteiger partial charge in [-0.3, -0.25) is 9.59 Å². The lowest BCUT2D eigenvalue weighted by Crippen LogP contribution is -2.34. The van der Waals surface area contributed by atoms with Gasteiger partial charge in [0.25, 0.3) is 0 Å². The molecule has 0 radical (unpaired) electrons. The maximum Gasteiger partial charge on any atom is 0.311 e. The number of benzene rings is 5. The Balaban J connectivity index is 1.69. The van der Waals surface area contributed by atoms with Gasteiger partial charge < -0.3 is 19.7 Å². The van der Waals surface area contributed by atoms with Gasteiger partial charge in [-0.2, -0.15) is 0 Å². The van der Waals surface area contributed by atoms with Crippen LogP contribution in [0, 0.1) is 0 Å². The van der Waals surface area contributed by atoms with Crippen LogP contribution in [0.4, 0.5) is 0 Å². The van der Waals surface area contributed by atoms with E-state index in [-0.39, 0.29) is 12.8 Å². The normalized spacial score (nSPS) is 16.6. The number of hydrogen-bond acceptors (Lipinski definition) is 4. The molecule has 6 nitrogen and oxygen atoms in total. The van der Waals surface area contributed by atoms with Crippen molar-refractivity contribution in [3.05, 3.63) is 131 Å². The first kappa shape index (κ1) is 28.0. The quantitative estimate of drug-likeness (QED) is 0.179. The Morgan fingerprint density at radius 3 is 1.51 bits per heavy atom. The van der Waals surface area contributed by atoms with Crippen LogP contribution in [-0.4, -0.2) is 36.4 Å². The molecule has 6 heteroatoms. The first-order valence-electron chi connectivity index (χ1n) is 14.2. The third-order valence-electron chi connectivity index (χ3n) is 8.84. The summed E-state index contributed by atoms with van der Waals surface area (Å²) in [4.78, 5) is 26.0. The van der Waals surface area contributed by atoms with Crippen LogP contribution < -0.4 is 9.47 Å². The number of carboxylic acid groups (broad SMARTS) is 2. The maximum atomic E-state index is 13.0. The molecule has 216 valence electrons. The number of carbonyl (C=O) groups is 2. The second-order valence-electron chi connectivity index (χ2n) is 11.1. The number of methoxy groups -OCH3 is 2. The molecule has 1 aliphatic rings. The van der Waals surface area contributed by atoms with Crippen molar-refractivity contribution in [1.82, 2.24) is 0 Å². The largest absolute Gasteiger partial charge is 0.493 e. The zero-order valence-electron chi connectivity index (χ0n) is 24.0. The summed E-state index contributed by atoms with van der Waals surface area (Å²) in [5.74, 6) is -2.68. The highest BCUT2D eigenvalue weighted by Gasteiger charge is 2.49. The fourth-order valence-corrected chi connectivity index (χ4v) is 6.79. The van der Waals surface area contributed by atoms with E-state index in [0.717, 1.165) is 33.0 Å². The fraction of sp³-hybridized carbons (Fsp3) is 0.189. The van der Waals surface area contributed by atoms with E-state index in [1.807, 2.05) is 97.1 Å². The third-order valence-corrected chi connectivity index (χ3v) is 8.84. The molecular weight excluding hydrogens is 540 g/mol. The van der Waals surface area contributed by atoms with E-state index >= 15 is 0 Å². The summed E-state index contributed by atoms with van der Waals surface area (Å²) in [5.41, 5.74) is 3.89. The SMILES string of the molecule is COc1cc2c(cc1OC)C(CC(C(=O)O)c1ccccc1)(CC(C(=O)O)c1ccccc1)c1cc3ccccc3cc1-2. The van der Waals surface area contributed by atoms with Crippen molar-refractivity contribution >= 4 is 22.7 Å². The fourth-order valence-electron chi connectivity index (χ4n) is 6.79. The number of hydrogen-bond donors (Lipinski definition) is 2. The van der Waals surface area contributed by atoms with E-state index < -0.39 is 29.2 Å². The summed E-state index contributed by atoms with van der Waals surface area (Å²) in [6.45, 7) is 0. The van der Waals surface area contributed by atoms with Crippen LogP contribution in [0.2, 0.25) is 0 Å². The summed E-state index contributed by atoms with van der Waals surface area (Å²) >= 11 is 0. The van der Waals surface area contributed by atoms with Gasteiger partial charge in [0.05, 0.1) is 26.1 Å². The second kappa shape index (κ2) is 11.3. The van der Waals surface area contributed by atoms with E-state index in [1.54, 1.807) is 14.2 Å². The molecule has 2 unspecified atom stereocenters. The Morgan fingerprint density at radius 1 is 0.605 bits per heavy atom.